The van der Waals surface area contributed by atoms with Gasteiger partial charge in [-0.2, -0.15) is 0 Å². The van der Waals surface area contributed by atoms with Crippen LogP contribution >= 0.6 is 0 Å². The van der Waals surface area contributed by atoms with Crippen LogP contribution in [0.15, 0.2) is 71.5 Å². The summed E-state index contributed by atoms with van der Waals surface area (Å²) in [5.41, 5.74) is 5.15. The fraction of sp³-hybridized carbons (Fsp3) is 0.333. The first-order valence-electron chi connectivity index (χ1n) is 7.30. The monoisotopic (exact) mass is 267 g/mol. The third-order valence-corrected chi connectivity index (χ3v) is 3.95. The van der Waals surface area contributed by atoms with Gasteiger partial charge >= 0.3 is 0 Å². The molecule has 1 saturated heterocycles. The molecule has 0 aromatic carbocycles. The normalized spacial score (nSPS) is 22.2. The predicted molar refractivity (Wildman–Crippen MR) is 83.3 cm³/mol. The Labute approximate surface area is 121 Å². The van der Waals surface area contributed by atoms with Gasteiger partial charge in [0.1, 0.15) is 0 Å². The Balaban J connectivity index is 1.82. The Morgan fingerprint density at radius 3 is 2.30 bits per heavy atom. The van der Waals surface area contributed by atoms with Gasteiger partial charge in [-0.25, -0.2) is 0 Å². The molecule has 2 aliphatic carbocycles. The van der Waals surface area contributed by atoms with E-state index >= 15 is 0 Å². The number of nitrogens with zero attached hydrogens (tertiary/aromatic N) is 1. The molecule has 1 heterocycles. The quantitative estimate of drug-likeness (QED) is 0.722. The molecule has 0 unspecified atom stereocenters. The van der Waals surface area contributed by atoms with E-state index in [9.17, 15) is 0 Å². The Morgan fingerprint density at radius 1 is 1.05 bits per heavy atom. The lowest BCUT2D eigenvalue weighted by Crippen LogP contribution is -2.36. The third-order valence-electron chi connectivity index (χ3n) is 3.95. The van der Waals surface area contributed by atoms with Crippen molar-refractivity contribution in [2.24, 2.45) is 0 Å². The fourth-order valence-corrected chi connectivity index (χ4v) is 2.77. The minimum absolute atomic E-state index is 0.814. The van der Waals surface area contributed by atoms with E-state index in [1.807, 2.05) is 0 Å². The van der Waals surface area contributed by atoms with Crippen LogP contribution in [0.3, 0.4) is 0 Å². The number of ether oxygens (including phenoxy) is 1. The second kappa shape index (κ2) is 6.10. The van der Waals surface area contributed by atoms with Crippen molar-refractivity contribution in [2.75, 3.05) is 26.3 Å². The summed E-state index contributed by atoms with van der Waals surface area (Å²) in [7, 11) is 0. The molecule has 0 radical (unpaired) electrons. The van der Waals surface area contributed by atoms with Gasteiger partial charge in [-0.05, 0) is 35.6 Å². The fourth-order valence-electron chi connectivity index (χ4n) is 2.77. The Hall–Kier alpha value is -1.80. The van der Waals surface area contributed by atoms with E-state index in [1.165, 1.54) is 16.8 Å². The van der Waals surface area contributed by atoms with E-state index in [0.717, 1.165) is 44.7 Å². The van der Waals surface area contributed by atoms with Crippen LogP contribution < -0.4 is 0 Å². The van der Waals surface area contributed by atoms with Gasteiger partial charge in [0.25, 0.3) is 0 Å². The van der Waals surface area contributed by atoms with Crippen molar-refractivity contribution < 1.29 is 4.74 Å². The van der Waals surface area contributed by atoms with Crippen molar-refractivity contribution in [2.45, 2.75) is 12.8 Å². The summed E-state index contributed by atoms with van der Waals surface area (Å²) in [5.74, 6) is 0. The molecule has 0 spiro atoms. The lowest BCUT2D eigenvalue weighted by atomic mass is 10.0. The highest BCUT2D eigenvalue weighted by atomic mass is 16.5. The highest BCUT2D eigenvalue weighted by Crippen LogP contribution is 2.28. The van der Waals surface area contributed by atoms with E-state index in [4.69, 9.17) is 4.74 Å². The van der Waals surface area contributed by atoms with Crippen LogP contribution in [0, 0.1) is 0 Å². The minimum Gasteiger partial charge on any atom is -0.378 e. The van der Waals surface area contributed by atoms with Gasteiger partial charge in [0, 0.05) is 18.8 Å². The molecule has 104 valence electrons. The molecule has 0 atom stereocenters. The first-order valence-corrected chi connectivity index (χ1v) is 7.30. The van der Waals surface area contributed by atoms with Crippen molar-refractivity contribution in [1.82, 2.24) is 4.90 Å². The number of hydrogen-bond acceptors (Lipinski definition) is 2. The summed E-state index contributed by atoms with van der Waals surface area (Å²) < 4.78 is 5.47. The second-order valence-corrected chi connectivity index (χ2v) is 5.30. The van der Waals surface area contributed by atoms with E-state index in [2.05, 4.69) is 54.0 Å². The average Bonchev–Trinajstić information content (AvgIpc) is 3.18. The van der Waals surface area contributed by atoms with Crippen molar-refractivity contribution in [3.8, 4) is 0 Å². The molecule has 0 saturated carbocycles. The summed E-state index contributed by atoms with van der Waals surface area (Å²) in [5, 5.41) is 0. The van der Waals surface area contributed by atoms with Crippen LogP contribution in [-0.4, -0.2) is 31.2 Å². The number of morpholine rings is 1. The number of rotatable bonds is 4. The Morgan fingerprint density at radius 2 is 1.70 bits per heavy atom. The molecule has 0 aromatic rings. The SMILES string of the molecule is C=C(/C=C(\C1=CC=CC1)N1CCOCC1)C1=CC=CC1. The smallest absolute Gasteiger partial charge is 0.0642 e. The van der Waals surface area contributed by atoms with Crippen LogP contribution in [0.1, 0.15) is 12.8 Å². The second-order valence-electron chi connectivity index (χ2n) is 5.30. The molecule has 2 heteroatoms. The first-order chi connectivity index (χ1) is 9.84. The average molecular weight is 267 g/mol. The van der Waals surface area contributed by atoms with Gasteiger partial charge in [0.05, 0.1) is 13.2 Å². The number of allylic oxidation sites excluding steroid dienone is 10. The van der Waals surface area contributed by atoms with E-state index in [-0.39, 0.29) is 0 Å². The molecule has 3 rings (SSSR count). The van der Waals surface area contributed by atoms with Crippen molar-refractivity contribution in [1.29, 1.82) is 0 Å². The zero-order valence-electron chi connectivity index (χ0n) is 11.8. The van der Waals surface area contributed by atoms with Crippen LogP contribution in [0.4, 0.5) is 0 Å². The molecular weight excluding hydrogens is 246 g/mol. The maximum Gasteiger partial charge on any atom is 0.0642 e. The molecule has 1 fully saturated rings. The maximum absolute atomic E-state index is 5.47. The van der Waals surface area contributed by atoms with Crippen LogP contribution in [-0.2, 0) is 4.74 Å². The molecule has 1 aliphatic heterocycles. The zero-order valence-corrected chi connectivity index (χ0v) is 11.8. The first kappa shape index (κ1) is 13.2. The van der Waals surface area contributed by atoms with E-state index < -0.39 is 0 Å². The van der Waals surface area contributed by atoms with Crippen molar-refractivity contribution in [3.63, 3.8) is 0 Å². The van der Waals surface area contributed by atoms with Gasteiger partial charge in [0.15, 0.2) is 0 Å². The molecule has 2 nitrogen and oxygen atoms in total. The van der Waals surface area contributed by atoms with Crippen LogP contribution in [0.2, 0.25) is 0 Å². The molecule has 0 N–H and O–H groups in total. The van der Waals surface area contributed by atoms with Gasteiger partial charge < -0.3 is 9.64 Å². The van der Waals surface area contributed by atoms with Crippen LogP contribution in [0.5, 0.6) is 0 Å². The standard InChI is InChI=1S/C18H21NO/c1-15(16-6-2-3-7-16)14-18(17-8-4-5-9-17)19-10-12-20-13-11-19/h2-6,8,14H,1,7,9-13H2/b18-14+. The van der Waals surface area contributed by atoms with Crippen LogP contribution in [0.25, 0.3) is 0 Å². The van der Waals surface area contributed by atoms with Crippen molar-refractivity contribution >= 4 is 0 Å². The van der Waals surface area contributed by atoms with E-state index in [1.54, 1.807) is 0 Å². The summed E-state index contributed by atoms with van der Waals surface area (Å²) in [6, 6.07) is 0. The highest BCUT2D eigenvalue weighted by molar-refractivity contribution is 5.49. The number of hydrogen-bond donors (Lipinski definition) is 0. The van der Waals surface area contributed by atoms with Gasteiger partial charge in [-0.3, -0.25) is 0 Å². The largest absolute Gasteiger partial charge is 0.378 e. The Kier molecular flexibility index (Phi) is 4.03. The molecular formula is C18H21NO. The molecule has 3 aliphatic rings. The summed E-state index contributed by atoms with van der Waals surface area (Å²) in [6.07, 6.45) is 17.3. The predicted octanol–water partition coefficient (Wildman–Crippen LogP) is 3.53. The molecule has 0 amide bonds. The summed E-state index contributed by atoms with van der Waals surface area (Å²) in [6.45, 7) is 7.81. The minimum atomic E-state index is 0.814. The zero-order chi connectivity index (χ0) is 13.8. The van der Waals surface area contributed by atoms with E-state index in [0.29, 0.717) is 0 Å². The van der Waals surface area contributed by atoms with Gasteiger partial charge in [0.2, 0.25) is 0 Å². The topological polar surface area (TPSA) is 12.5 Å². The third kappa shape index (κ3) is 2.86. The lowest BCUT2D eigenvalue weighted by Gasteiger charge is -2.32. The van der Waals surface area contributed by atoms with Crippen molar-refractivity contribution in [3.05, 3.63) is 71.5 Å². The summed E-state index contributed by atoms with van der Waals surface area (Å²) >= 11 is 0. The Bertz CT molecular complexity index is 540. The maximum atomic E-state index is 5.47. The summed E-state index contributed by atoms with van der Waals surface area (Å²) in [4.78, 5) is 2.43. The van der Waals surface area contributed by atoms with Gasteiger partial charge in [-0.1, -0.05) is 43.0 Å². The molecule has 0 aromatic heterocycles. The van der Waals surface area contributed by atoms with Gasteiger partial charge in [-0.15, -0.1) is 0 Å². The molecule has 0 bridgehead atoms. The lowest BCUT2D eigenvalue weighted by molar-refractivity contribution is 0.0546. The molecule has 20 heavy (non-hydrogen) atoms. The highest BCUT2D eigenvalue weighted by Gasteiger charge is 2.18.